The molecular weight excluding hydrogens is 554 g/mol. The molecule has 0 radical (unpaired) electrons. The lowest BCUT2D eigenvalue weighted by Gasteiger charge is -2.26. The topological polar surface area (TPSA) is 3.24 Å². The molecule has 1 nitrogen and oxygen atoms in total. The Morgan fingerprint density at radius 1 is 0.364 bits per heavy atom. The molecule has 0 saturated carbocycles. The molecule has 0 heterocycles. The van der Waals surface area contributed by atoms with Gasteiger partial charge in [-0.1, -0.05) is 230 Å². The Balaban J connectivity index is 2.02. The van der Waals surface area contributed by atoms with E-state index in [-0.39, 0.29) is 0 Å². The summed E-state index contributed by atoms with van der Waals surface area (Å²) in [6.07, 6.45) is 45.7. The standard InChI is InChI=1S/C42H78ClN/c1-3-5-7-9-11-13-15-17-19-21-23-25-27-29-31-35-39-44(42-38-34-33-37-41(42)43)40-36-32-30-28-26-24-22-20-18-16-14-12-10-8-6-4-2/h33-34,37-38H,3-32,35-36,39-40H2,1-2H3. The van der Waals surface area contributed by atoms with Crippen LogP contribution in [0.4, 0.5) is 5.69 Å². The maximum atomic E-state index is 6.63. The van der Waals surface area contributed by atoms with Crippen LogP contribution in [0, 0.1) is 0 Å². The summed E-state index contributed by atoms with van der Waals surface area (Å²) in [5.74, 6) is 0. The summed E-state index contributed by atoms with van der Waals surface area (Å²) in [5.41, 5.74) is 1.25. The van der Waals surface area contributed by atoms with E-state index >= 15 is 0 Å². The van der Waals surface area contributed by atoms with Gasteiger partial charge in [0.15, 0.2) is 0 Å². The van der Waals surface area contributed by atoms with Crippen LogP contribution in [0.3, 0.4) is 0 Å². The minimum atomic E-state index is 0.917. The molecule has 0 bridgehead atoms. The molecule has 1 rings (SSSR count). The van der Waals surface area contributed by atoms with Gasteiger partial charge in [-0.15, -0.1) is 0 Å². The summed E-state index contributed by atoms with van der Waals surface area (Å²) >= 11 is 6.63. The molecule has 258 valence electrons. The molecule has 2 heteroatoms. The molecular formula is C42H78ClN. The predicted molar refractivity (Wildman–Crippen MR) is 203 cm³/mol. The fourth-order valence-corrected chi connectivity index (χ4v) is 7.02. The molecule has 0 aliphatic heterocycles. The molecule has 44 heavy (non-hydrogen) atoms. The second-order valence-corrected chi connectivity index (χ2v) is 14.5. The van der Waals surface area contributed by atoms with Crippen molar-refractivity contribution in [2.24, 2.45) is 0 Å². The van der Waals surface area contributed by atoms with E-state index in [1.54, 1.807) is 0 Å². The number of halogens is 1. The molecule has 0 aromatic heterocycles. The van der Waals surface area contributed by atoms with Crippen LogP contribution in [0.2, 0.25) is 5.02 Å². The van der Waals surface area contributed by atoms with Gasteiger partial charge >= 0.3 is 0 Å². The van der Waals surface area contributed by atoms with E-state index in [1.165, 1.54) is 211 Å². The number of anilines is 1. The highest BCUT2D eigenvalue weighted by Crippen LogP contribution is 2.26. The van der Waals surface area contributed by atoms with E-state index in [4.69, 9.17) is 11.6 Å². The van der Waals surface area contributed by atoms with Crippen molar-refractivity contribution in [2.45, 2.75) is 219 Å². The summed E-state index contributed by atoms with van der Waals surface area (Å²) in [6.45, 7) is 6.92. The Bertz CT molecular complexity index is 652. The Labute approximate surface area is 283 Å². The summed E-state index contributed by atoms with van der Waals surface area (Å²) in [6, 6.07) is 8.50. The van der Waals surface area contributed by atoms with Crippen LogP contribution in [0.25, 0.3) is 0 Å². The Morgan fingerprint density at radius 2 is 0.614 bits per heavy atom. The average molecular weight is 633 g/mol. The van der Waals surface area contributed by atoms with Gasteiger partial charge in [-0.3, -0.25) is 0 Å². The van der Waals surface area contributed by atoms with Crippen molar-refractivity contribution in [3.05, 3.63) is 29.3 Å². The highest BCUT2D eigenvalue weighted by Gasteiger charge is 2.09. The third-order valence-electron chi connectivity index (χ3n) is 9.76. The van der Waals surface area contributed by atoms with Crippen LogP contribution >= 0.6 is 11.6 Å². The maximum Gasteiger partial charge on any atom is 0.0639 e. The SMILES string of the molecule is CCCCCCCCCCCCCCCCCCN(CCCCCCCCCCCCCCCCCC)c1ccccc1Cl. The van der Waals surface area contributed by atoms with Crippen LogP contribution in [-0.2, 0) is 0 Å². The molecule has 0 atom stereocenters. The molecule has 0 amide bonds. The second-order valence-electron chi connectivity index (χ2n) is 14.0. The van der Waals surface area contributed by atoms with Gasteiger partial charge in [0, 0.05) is 13.1 Å². The Hall–Kier alpha value is -0.690. The van der Waals surface area contributed by atoms with Gasteiger partial charge in [-0.05, 0) is 25.0 Å². The monoisotopic (exact) mass is 632 g/mol. The zero-order chi connectivity index (χ0) is 31.6. The van der Waals surface area contributed by atoms with E-state index in [0.717, 1.165) is 18.1 Å². The maximum absolute atomic E-state index is 6.63. The zero-order valence-corrected chi connectivity index (χ0v) is 30.9. The number of para-hydroxylation sites is 1. The number of unbranched alkanes of at least 4 members (excludes halogenated alkanes) is 30. The fraction of sp³-hybridized carbons (Fsp3) is 0.857. The lowest BCUT2D eigenvalue weighted by Crippen LogP contribution is -2.26. The Morgan fingerprint density at radius 3 is 0.886 bits per heavy atom. The van der Waals surface area contributed by atoms with Gasteiger partial charge in [0.2, 0.25) is 0 Å². The molecule has 1 aromatic carbocycles. The third kappa shape index (κ3) is 26.5. The minimum Gasteiger partial charge on any atom is -0.370 e. The van der Waals surface area contributed by atoms with E-state index < -0.39 is 0 Å². The smallest absolute Gasteiger partial charge is 0.0639 e. The molecule has 0 N–H and O–H groups in total. The van der Waals surface area contributed by atoms with Gasteiger partial charge in [0.05, 0.1) is 10.7 Å². The van der Waals surface area contributed by atoms with Crippen molar-refractivity contribution >= 4 is 17.3 Å². The first-order valence-corrected chi connectivity index (χ1v) is 20.7. The predicted octanol–water partition coefficient (Wildman–Crippen LogP) is 15.7. The zero-order valence-electron chi connectivity index (χ0n) is 30.2. The van der Waals surface area contributed by atoms with E-state index in [9.17, 15) is 0 Å². The number of hydrogen-bond donors (Lipinski definition) is 0. The van der Waals surface area contributed by atoms with Crippen molar-refractivity contribution in [2.75, 3.05) is 18.0 Å². The van der Waals surface area contributed by atoms with Gasteiger partial charge in [0.25, 0.3) is 0 Å². The number of nitrogens with zero attached hydrogens (tertiary/aromatic N) is 1. The fourth-order valence-electron chi connectivity index (χ4n) is 6.76. The van der Waals surface area contributed by atoms with Crippen LogP contribution in [0.15, 0.2) is 24.3 Å². The van der Waals surface area contributed by atoms with Crippen molar-refractivity contribution in [3.8, 4) is 0 Å². The van der Waals surface area contributed by atoms with Gasteiger partial charge in [0.1, 0.15) is 0 Å². The first kappa shape index (κ1) is 41.3. The molecule has 0 aliphatic carbocycles. The highest BCUT2D eigenvalue weighted by atomic mass is 35.5. The summed E-state index contributed by atoms with van der Waals surface area (Å²) in [5, 5.41) is 0.917. The number of hydrogen-bond acceptors (Lipinski definition) is 1. The molecule has 0 spiro atoms. The second kappa shape index (κ2) is 33.7. The first-order chi connectivity index (χ1) is 21.8. The first-order valence-electron chi connectivity index (χ1n) is 20.3. The largest absolute Gasteiger partial charge is 0.370 e. The summed E-state index contributed by atoms with van der Waals surface area (Å²) < 4.78 is 0. The lowest BCUT2D eigenvalue weighted by molar-refractivity contribution is 0.524. The van der Waals surface area contributed by atoms with Gasteiger partial charge < -0.3 is 4.90 Å². The van der Waals surface area contributed by atoms with E-state index in [1.807, 2.05) is 0 Å². The molecule has 0 unspecified atom stereocenters. The molecule has 0 aliphatic rings. The van der Waals surface area contributed by atoms with Gasteiger partial charge in [-0.25, -0.2) is 0 Å². The minimum absolute atomic E-state index is 0.917. The lowest BCUT2D eigenvalue weighted by atomic mass is 10.0. The number of rotatable bonds is 35. The summed E-state index contributed by atoms with van der Waals surface area (Å²) in [7, 11) is 0. The average Bonchev–Trinajstić information content (AvgIpc) is 3.03. The van der Waals surface area contributed by atoms with Crippen molar-refractivity contribution in [3.63, 3.8) is 0 Å². The highest BCUT2D eigenvalue weighted by molar-refractivity contribution is 6.33. The Kier molecular flexibility index (Phi) is 31.6. The number of benzene rings is 1. The molecule has 1 aromatic rings. The van der Waals surface area contributed by atoms with Crippen molar-refractivity contribution in [1.82, 2.24) is 0 Å². The van der Waals surface area contributed by atoms with E-state index in [2.05, 4.69) is 43.0 Å². The van der Waals surface area contributed by atoms with Crippen LogP contribution in [-0.4, -0.2) is 13.1 Å². The van der Waals surface area contributed by atoms with Crippen LogP contribution in [0.5, 0.6) is 0 Å². The van der Waals surface area contributed by atoms with Crippen LogP contribution < -0.4 is 4.90 Å². The van der Waals surface area contributed by atoms with Crippen molar-refractivity contribution in [1.29, 1.82) is 0 Å². The normalized spacial score (nSPS) is 11.4. The van der Waals surface area contributed by atoms with E-state index in [0.29, 0.717) is 0 Å². The molecule has 0 fully saturated rings. The third-order valence-corrected chi connectivity index (χ3v) is 10.1. The molecule has 0 saturated heterocycles. The van der Waals surface area contributed by atoms with Crippen molar-refractivity contribution < 1.29 is 0 Å². The van der Waals surface area contributed by atoms with Crippen LogP contribution in [0.1, 0.15) is 219 Å². The summed E-state index contributed by atoms with van der Waals surface area (Å²) in [4.78, 5) is 2.58. The quantitative estimate of drug-likeness (QED) is 0.0673. The van der Waals surface area contributed by atoms with Gasteiger partial charge in [-0.2, -0.15) is 0 Å².